The van der Waals surface area contributed by atoms with E-state index in [1.54, 1.807) is 0 Å². The molecule has 6 aromatic rings. The number of pyridine rings is 1. The number of hydrogen-bond donors (Lipinski definition) is 0. The van der Waals surface area contributed by atoms with Gasteiger partial charge in [0.15, 0.2) is 6.20 Å². The van der Waals surface area contributed by atoms with Gasteiger partial charge in [-0.3, -0.25) is 0 Å². The van der Waals surface area contributed by atoms with Crippen LogP contribution in [0.5, 0.6) is 0 Å². The molecule has 2 aromatic heterocycles. The van der Waals surface area contributed by atoms with E-state index in [0.717, 1.165) is 16.9 Å². The third-order valence-corrected chi connectivity index (χ3v) is 9.21. The third-order valence-electron chi connectivity index (χ3n) is 7.19. The van der Waals surface area contributed by atoms with Gasteiger partial charge in [-0.2, -0.15) is 0 Å². The molecule has 35 heavy (non-hydrogen) atoms. The first-order valence-electron chi connectivity index (χ1n) is 12.3. The quantitative estimate of drug-likeness (QED) is 0.190. The Morgan fingerprint density at radius 1 is 0.714 bits per heavy atom. The molecule has 172 valence electrons. The van der Waals surface area contributed by atoms with Crippen LogP contribution in [-0.4, -0.2) is 8.07 Å². The number of aromatic nitrogens is 1. The number of furan rings is 1. The number of aryl methyl sites for hydroxylation is 2. The molecule has 2 heterocycles. The van der Waals surface area contributed by atoms with E-state index < -0.39 is 8.07 Å². The highest BCUT2D eigenvalue weighted by atomic mass is 28.3. The SMILES string of the molecule is Cc1ccc2c(oc3c(-c4ccc5ccccc5c4)cc([Si](C)(C)C)cc32)c1-c1cccc[n+]1C. The fourth-order valence-electron chi connectivity index (χ4n) is 5.15. The third kappa shape index (κ3) is 3.58. The van der Waals surface area contributed by atoms with Crippen LogP contribution in [0.25, 0.3) is 55.1 Å². The Bertz CT molecular complexity index is 1750. The zero-order valence-corrected chi connectivity index (χ0v) is 22.0. The van der Waals surface area contributed by atoms with Crippen LogP contribution in [0.2, 0.25) is 19.6 Å². The Hall–Kier alpha value is -3.69. The largest absolute Gasteiger partial charge is 0.454 e. The van der Waals surface area contributed by atoms with Gasteiger partial charge < -0.3 is 4.42 Å². The lowest BCUT2D eigenvalue weighted by Gasteiger charge is -2.18. The van der Waals surface area contributed by atoms with Crippen molar-refractivity contribution in [3.63, 3.8) is 0 Å². The van der Waals surface area contributed by atoms with Gasteiger partial charge in [0.2, 0.25) is 5.69 Å². The van der Waals surface area contributed by atoms with E-state index in [-0.39, 0.29) is 0 Å². The van der Waals surface area contributed by atoms with Crippen molar-refractivity contribution in [1.29, 1.82) is 0 Å². The first-order valence-corrected chi connectivity index (χ1v) is 15.8. The zero-order valence-electron chi connectivity index (χ0n) is 21.0. The van der Waals surface area contributed by atoms with Gasteiger partial charge >= 0.3 is 0 Å². The van der Waals surface area contributed by atoms with Gasteiger partial charge in [-0.1, -0.05) is 85.5 Å². The topological polar surface area (TPSA) is 17.0 Å². The highest BCUT2D eigenvalue weighted by Gasteiger charge is 2.25. The summed E-state index contributed by atoms with van der Waals surface area (Å²) in [5.41, 5.74) is 7.88. The van der Waals surface area contributed by atoms with E-state index in [2.05, 4.69) is 129 Å². The van der Waals surface area contributed by atoms with E-state index in [9.17, 15) is 0 Å². The molecule has 0 aliphatic carbocycles. The minimum atomic E-state index is -1.57. The Morgan fingerprint density at radius 3 is 2.26 bits per heavy atom. The molecule has 0 unspecified atom stereocenters. The molecule has 0 saturated heterocycles. The van der Waals surface area contributed by atoms with Crippen molar-refractivity contribution in [2.45, 2.75) is 26.6 Å². The smallest absolute Gasteiger partial charge is 0.216 e. The van der Waals surface area contributed by atoms with Crippen molar-refractivity contribution >= 4 is 46.0 Å². The highest BCUT2D eigenvalue weighted by molar-refractivity contribution is 6.89. The minimum Gasteiger partial charge on any atom is -0.454 e. The lowest BCUT2D eigenvalue weighted by molar-refractivity contribution is -0.660. The lowest BCUT2D eigenvalue weighted by Crippen LogP contribution is -2.37. The number of benzene rings is 4. The van der Waals surface area contributed by atoms with Gasteiger partial charge in [0.25, 0.3) is 0 Å². The normalized spacial score (nSPS) is 12.1. The summed E-state index contributed by atoms with van der Waals surface area (Å²) in [4.78, 5) is 0. The van der Waals surface area contributed by atoms with Gasteiger partial charge in [-0.15, -0.1) is 0 Å². The molecule has 0 atom stereocenters. The van der Waals surface area contributed by atoms with Crippen LogP contribution in [-0.2, 0) is 7.05 Å². The summed E-state index contributed by atoms with van der Waals surface area (Å²) in [6, 6.07) is 30.9. The molecule has 0 aliphatic heterocycles. The van der Waals surface area contributed by atoms with E-state index in [1.807, 2.05) is 0 Å². The number of fused-ring (bicyclic) bond motifs is 4. The summed E-state index contributed by atoms with van der Waals surface area (Å²) in [7, 11) is 0.525. The molecule has 0 aliphatic rings. The molecule has 0 spiro atoms. The summed E-state index contributed by atoms with van der Waals surface area (Å²) in [6.07, 6.45) is 2.10. The van der Waals surface area contributed by atoms with Crippen LogP contribution in [0.4, 0.5) is 0 Å². The fourth-order valence-corrected chi connectivity index (χ4v) is 6.30. The molecule has 2 nitrogen and oxygen atoms in total. The zero-order chi connectivity index (χ0) is 24.3. The summed E-state index contributed by atoms with van der Waals surface area (Å²) in [6.45, 7) is 9.42. The van der Waals surface area contributed by atoms with Crippen LogP contribution in [0.15, 0.2) is 95.5 Å². The van der Waals surface area contributed by atoms with Gasteiger partial charge in [-0.05, 0) is 41.0 Å². The molecular weight excluding hydrogens is 442 g/mol. The molecule has 4 aromatic carbocycles. The molecule has 0 amide bonds. The van der Waals surface area contributed by atoms with Gasteiger partial charge in [0.05, 0.1) is 13.6 Å². The second-order valence-electron chi connectivity index (χ2n) is 10.6. The van der Waals surface area contributed by atoms with Crippen molar-refractivity contribution in [3.8, 4) is 22.4 Å². The molecule has 0 saturated carbocycles. The van der Waals surface area contributed by atoms with Crippen LogP contribution in [0, 0.1) is 6.92 Å². The molecular formula is C32H30NOSi+. The first-order chi connectivity index (χ1) is 16.8. The summed E-state index contributed by atoms with van der Waals surface area (Å²) < 4.78 is 9.01. The molecule has 0 bridgehead atoms. The average molecular weight is 473 g/mol. The van der Waals surface area contributed by atoms with Crippen LogP contribution < -0.4 is 9.75 Å². The molecule has 0 radical (unpaired) electrons. The lowest BCUT2D eigenvalue weighted by atomic mass is 9.98. The maximum atomic E-state index is 6.84. The van der Waals surface area contributed by atoms with Crippen molar-refractivity contribution < 1.29 is 8.98 Å². The number of nitrogens with zero attached hydrogens (tertiary/aromatic N) is 1. The average Bonchev–Trinajstić information content (AvgIpc) is 3.22. The summed E-state index contributed by atoms with van der Waals surface area (Å²) >= 11 is 0. The Labute approximate surface area is 207 Å². The minimum absolute atomic E-state index is 0.969. The number of hydrogen-bond acceptors (Lipinski definition) is 1. The predicted molar refractivity (Wildman–Crippen MR) is 151 cm³/mol. The monoisotopic (exact) mass is 472 g/mol. The van der Waals surface area contributed by atoms with Gasteiger partial charge in [-0.25, -0.2) is 4.57 Å². The maximum Gasteiger partial charge on any atom is 0.216 e. The molecule has 0 fully saturated rings. The van der Waals surface area contributed by atoms with Crippen LogP contribution in [0.1, 0.15) is 5.56 Å². The second kappa shape index (κ2) is 7.93. The number of rotatable bonds is 3. The van der Waals surface area contributed by atoms with Crippen molar-refractivity contribution in [2.75, 3.05) is 0 Å². The first kappa shape index (κ1) is 21.8. The van der Waals surface area contributed by atoms with Gasteiger partial charge in [0.1, 0.15) is 18.2 Å². The van der Waals surface area contributed by atoms with Crippen molar-refractivity contribution in [2.24, 2.45) is 7.05 Å². The van der Waals surface area contributed by atoms with Crippen molar-refractivity contribution in [3.05, 3.63) is 96.7 Å². The van der Waals surface area contributed by atoms with E-state index in [4.69, 9.17) is 4.42 Å². The van der Waals surface area contributed by atoms with E-state index >= 15 is 0 Å². The summed E-state index contributed by atoms with van der Waals surface area (Å²) in [5.74, 6) is 0. The molecule has 3 heteroatoms. The van der Waals surface area contributed by atoms with E-state index in [0.29, 0.717) is 0 Å². The summed E-state index contributed by atoms with van der Waals surface area (Å²) in [5, 5.41) is 6.35. The van der Waals surface area contributed by atoms with Crippen molar-refractivity contribution in [1.82, 2.24) is 0 Å². The van der Waals surface area contributed by atoms with Crippen LogP contribution in [0.3, 0.4) is 0 Å². The highest BCUT2D eigenvalue weighted by Crippen LogP contribution is 2.41. The van der Waals surface area contributed by atoms with Crippen LogP contribution >= 0.6 is 0 Å². The fraction of sp³-hybridized carbons (Fsp3) is 0.156. The second-order valence-corrected chi connectivity index (χ2v) is 15.7. The standard InChI is InChI=1S/C32H30NOSi/c1-21-13-16-26-28-20-25(35(3,4)5)19-27(24-15-14-22-10-6-7-11-23(22)18-24)31(28)34-32(26)30(21)29-12-8-9-17-33(29)2/h6-20H,1-5H3/q+1. The Kier molecular flexibility index (Phi) is 4.94. The molecule has 0 N–H and O–H groups in total. The molecule has 6 rings (SSSR count). The van der Waals surface area contributed by atoms with Gasteiger partial charge in [0, 0.05) is 28.5 Å². The van der Waals surface area contributed by atoms with E-state index in [1.165, 1.54) is 49.0 Å². The predicted octanol–water partition coefficient (Wildman–Crippen LogP) is 7.75. The Morgan fingerprint density at radius 2 is 1.49 bits per heavy atom. The Balaban J connectivity index is 1.73. The maximum absolute atomic E-state index is 6.84.